The van der Waals surface area contributed by atoms with Crippen LogP contribution in [0.2, 0.25) is 0 Å². The van der Waals surface area contributed by atoms with Crippen LogP contribution in [-0.2, 0) is 6.61 Å². The number of amides is 1. The van der Waals surface area contributed by atoms with Crippen molar-refractivity contribution in [2.75, 3.05) is 11.9 Å². The number of hydrogen-bond donors (Lipinski definition) is 3. The summed E-state index contributed by atoms with van der Waals surface area (Å²) in [7, 11) is 0. The number of benzene rings is 1. The lowest BCUT2D eigenvalue weighted by molar-refractivity contribution is 0.0949. The SMILES string of the molecule is C=Cc1nc(CO)cc(-c2ccc3c(ccc4sc5c(c43)NC[C@@H](C)NC5=O)n2)n1. The number of fused-ring (bicyclic) bond motifs is 5. The summed E-state index contributed by atoms with van der Waals surface area (Å²) in [6.45, 7) is 6.18. The summed E-state index contributed by atoms with van der Waals surface area (Å²) in [5.41, 5.74) is 3.50. The third-order valence-electron chi connectivity index (χ3n) is 5.09. The minimum Gasteiger partial charge on any atom is -0.390 e. The van der Waals surface area contributed by atoms with Gasteiger partial charge in [0.1, 0.15) is 4.88 Å². The van der Waals surface area contributed by atoms with Crippen molar-refractivity contribution in [3.8, 4) is 11.4 Å². The molecule has 7 nitrogen and oxygen atoms in total. The predicted molar refractivity (Wildman–Crippen MR) is 120 cm³/mol. The molecule has 0 fully saturated rings. The summed E-state index contributed by atoms with van der Waals surface area (Å²) in [6, 6.07) is 9.66. The number of nitrogens with one attached hydrogen (secondary N) is 2. The molecule has 0 aliphatic carbocycles. The number of nitrogens with zero attached hydrogens (tertiary/aromatic N) is 3. The van der Waals surface area contributed by atoms with Crippen LogP contribution >= 0.6 is 11.3 Å². The molecule has 1 atom stereocenters. The number of aliphatic hydroxyl groups is 1. The van der Waals surface area contributed by atoms with Gasteiger partial charge in [0.15, 0.2) is 5.82 Å². The summed E-state index contributed by atoms with van der Waals surface area (Å²) >= 11 is 1.49. The van der Waals surface area contributed by atoms with E-state index in [0.717, 1.165) is 26.7 Å². The summed E-state index contributed by atoms with van der Waals surface area (Å²) in [6.07, 6.45) is 1.55. The zero-order valence-electron chi connectivity index (χ0n) is 16.3. The number of hydrogen-bond acceptors (Lipinski definition) is 7. The molecule has 30 heavy (non-hydrogen) atoms. The minimum absolute atomic E-state index is 0.0455. The molecule has 1 aromatic carbocycles. The van der Waals surface area contributed by atoms with Crippen LogP contribution in [0, 0.1) is 0 Å². The van der Waals surface area contributed by atoms with Gasteiger partial charge in [-0.2, -0.15) is 0 Å². The molecule has 0 saturated carbocycles. The number of thiophene rings is 1. The third kappa shape index (κ3) is 3.01. The van der Waals surface area contributed by atoms with Gasteiger partial charge in [0.2, 0.25) is 0 Å². The van der Waals surface area contributed by atoms with Crippen molar-refractivity contribution in [1.29, 1.82) is 0 Å². The van der Waals surface area contributed by atoms with E-state index in [0.29, 0.717) is 34.3 Å². The summed E-state index contributed by atoms with van der Waals surface area (Å²) in [4.78, 5) is 26.8. The Morgan fingerprint density at radius 2 is 2.10 bits per heavy atom. The third-order valence-corrected chi connectivity index (χ3v) is 6.25. The van der Waals surface area contributed by atoms with E-state index >= 15 is 0 Å². The Labute approximate surface area is 176 Å². The van der Waals surface area contributed by atoms with E-state index < -0.39 is 0 Å². The van der Waals surface area contributed by atoms with Crippen LogP contribution in [0.4, 0.5) is 5.69 Å². The van der Waals surface area contributed by atoms with Gasteiger partial charge in [-0.1, -0.05) is 6.58 Å². The fourth-order valence-electron chi connectivity index (χ4n) is 3.69. The Balaban J connectivity index is 1.69. The predicted octanol–water partition coefficient (Wildman–Crippen LogP) is 3.59. The number of aliphatic hydroxyl groups excluding tert-OH is 1. The summed E-state index contributed by atoms with van der Waals surface area (Å²) in [5.74, 6) is 0.400. The lowest BCUT2D eigenvalue weighted by atomic mass is 10.1. The highest BCUT2D eigenvalue weighted by molar-refractivity contribution is 7.21. The largest absolute Gasteiger partial charge is 0.390 e. The average molecular weight is 417 g/mol. The molecular formula is C22H19N5O2S. The van der Waals surface area contributed by atoms with Gasteiger partial charge in [-0.05, 0) is 43.3 Å². The van der Waals surface area contributed by atoms with Gasteiger partial charge < -0.3 is 15.7 Å². The Kier molecular flexibility index (Phi) is 4.45. The molecule has 8 heteroatoms. The lowest BCUT2D eigenvalue weighted by Crippen LogP contribution is -2.34. The van der Waals surface area contributed by atoms with Crippen molar-refractivity contribution in [3.63, 3.8) is 0 Å². The fourth-order valence-corrected chi connectivity index (χ4v) is 4.79. The number of pyridine rings is 1. The first kappa shape index (κ1) is 18.7. The topological polar surface area (TPSA) is 100 Å². The standard InChI is InChI=1S/C22H19N5O2S/c1-3-18-25-12(10-28)8-16(27-18)15-5-4-13-14(26-15)6-7-17-19(13)20-21(30-17)22(29)24-11(2)9-23-20/h3-8,11,23,28H,1,9-10H2,2H3,(H,24,29)/t11-/m1/s1. The van der Waals surface area contributed by atoms with Crippen molar-refractivity contribution in [2.45, 2.75) is 19.6 Å². The first-order valence-corrected chi connectivity index (χ1v) is 10.4. The highest BCUT2D eigenvalue weighted by Crippen LogP contribution is 2.41. The quantitative estimate of drug-likeness (QED) is 0.471. The van der Waals surface area contributed by atoms with Crippen LogP contribution in [0.3, 0.4) is 0 Å². The first-order valence-electron chi connectivity index (χ1n) is 9.60. The highest BCUT2D eigenvalue weighted by Gasteiger charge is 2.24. The maximum Gasteiger partial charge on any atom is 0.263 e. The number of carbonyl (C=O) groups is 1. The molecule has 0 spiro atoms. The molecule has 3 N–H and O–H groups in total. The van der Waals surface area contributed by atoms with Crippen LogP contribution in [0.5, 0.6) is 0 Å². The molecule has 4 aromatic rings. The molecular weight excluding hydrogens is 398 g/mol. The second kappa shape index (κ2) is 7.16. The van der Waals surface area contributed by atoms with Crippen molar-refractivity contribution in [3.05, 3.63) is 53.3 Å². The molecule has 150 valence electrons. The monoisotopic (exact) mass is 417 g/mol. The zero-order chi connectivity index (χ0) is 20.8. The molecule has 4 heterocycles. The maximum absolute atomic E-state index is 12.6. The lowest BCUT2D eigenvalue weighted by Gasteiger charge is -2.10. The molecule has 5 rings (SSSR count). The smallest absolute Gasteiger partial charge is 0.263 e. The van der Waals surface area contributed by atoms with E-state index in [9.17, 15) is 9.90 Å². The van der Waals surface area contributed by atoms with Gasteiger partial charge in [0, 0.05) is 28.1 Å². The molecule has 1 aliphatic rings. The van der Waals surface area contributed by atoms with Gasteiger partial charge in [-0.15, -0.1) is 11.3 Å². The van der Waals surface area contributed by atoms with Gasteiger partial charge >= 0.3 is 0 Å². The van der Waals surface area contributed by atoms with Crippen molar-refractivity contribution in [2.24, 2.45) is 0 Å². The molecule has 0 saturated heterocycles. The first-order chi connectivity index (χ1) is 14.6. The Hall–Kier alpha value is -3.36. The maximum atomic E-state index is 12.6. The molecule has 3 aromatic heterocycles. The second-order valence-electron chi connectivity index (χ2n) is 7.23. The van der Waals surface area contributed by atoms with Crippen LogP contribution in [-0.4, -0.2) is 38.6 Å². The van der Waals surface area contributed by atoms with Gasteiger partial charge in [0.25, 0.3) is 5.91 Å². The van der Waals surface area contributed by atoms with Crippen LogP contribution in [0.15, 0.2) is 36.9 Å². The van der Waals surface area contributed by atoms with Gasteiger partial charge in [0.05, 0.1) is 34.9 Å². The molecule has 0 unspecified atom stereocenters. The van der Waals surface area contributed by atoms with E-state index in [2.05, 4.69) is 27.2 Å². The molecule has 0 radical (unpaired) electrons. The van der Waals surface area contributed by atoms with Crippen molar-refractivity contribution < 1.29 is 9.90 Å². The van der Waals surface area contributed by atoms with Crippen LogP contribution < -0.4 is 10.6 Å². The summed E-state index contributed by atoms with van der Waals surface area (Å²) in [5, 5.41) is 17.9. The molecule has 1 amide bonds. The Morgan fingerprint density at radius 1 is 1.23 bits per heavy atom. The van der Waals surface area contributed by atoms with Gasteiger partial charge in [-0.25, -0.2) is 15.0 Å². The zero-order valence-corrected chi connectivity index (χ0v) is 17.1. The number of carbonyl (C=O) groups excluding carboxylic acids is 1. The molecule has 1 aliphatic heterocycles. The number of aromatic nitrogens is 3. The second-order valence-corrected chi connectivity index (χ2v) is 8.28. The van der Waals surface area contributed by atoms with E-state index in [1.807, 2.05) is 31.2 Å². The summed E-state index contributed by atoms with van der Waals surface area (Å²) < 4.78 is 1.04. The van der Waals surface area contributed by atoms with E-state index in [1.165, 1.54) is 11.3 Å². The molecule has 0 bridgehead atoms. The fraction of sp³-hybridized carbons (Fsp3) is 0.182. The number of anilines is 1. The van der Waals surface area contributed by atoms with Crippen molar-refractivity contribution >= 4 is 50.0 Å². The van der Waals surface area contributed by atoms with Crippen LogP contribution in [0.1, 0.15) is 28.1 Å². The highest BCUT2D eigenvalue weighted by atomic mass is 32.1. The average Bonchev–Trinajstić information content (AvgIpc) is 3.09. The Bertz CT molecular complexity index is 1330. The van der Waals surface area contributed by atoms with E-state index in [-0.39, 0.29) is 18.6 Å². The van der Waals surface area contributed by atoms with Gasteiger partial charge in [-0.3, -0.25) is 4.79 Å². The van der Waals surface area contributed by atoms with E-state index in [1.54, 1.807) is 12.1 Å². The minimum atomic E-state index is -0.183. The van der Waals surface area contributed by atoms with Crippen molar-refractivity contribution in [1.82, 2.24) is 20.3 Å². The Morgan fingerprint density at radius 3 is 2.90 bits per heavy atom. The van der Waals surface area contributed by atoms with E-state index in [4.69, 9.17) is 4.98 Å². The van der Waals surface area contributed by atoms with Crippen LogP contribution in [0.25, 0.3) is 38.5 Å². The number of rotatable bonds is 3. The normalized spacial score (nSPS) is 16.1.